The van der Waals surface area contributed by atoms with Crippen molar-refractivity contribution in [2.45, 2.75) is 25.9 Å². The Morgan fingerprint density at radius 1 is 1.39 bits per heavy atom. The van der Waals surface area contributed by atoms with Gasteiger partial charge in [-0.15, -0.1) is 0 Å². The molecule has 0 bridgehead atoms. The number of alkyl halides is 3. The van der Waals surface area contributed by atoms with Crippen LogP contribution in [0.25, 0.3) is 0 Å². The summed E-state index contributed by atoms with van der Waals surface area (Å²) in [5.74, 6) is -1.01. The minimum Gasteiger partial charge on any atom is -0.493 e. The average Bonchev–Trinajstić information content (AvgIpc) is 2.25. The summed E-state index contributed by atoms with van der Waals surface area (Å²) in [7, 11) is 0. The van der Waals surface area contributed by atoms with Gasteiger partial charge in [0, 0.05) is 5.56 Å². The van der Waals surface area contributed by atoms with Gasteiger partial charge in [-0.25, -0.2) is 0 Å². The van der Waals surface area contributed by atoms with Crippen molar-refractivity contribution in [3.05, 3.63) is 29.3 Å². The number of ether oxygens (including phenoxy) is 1. The number of hydrogen-bond donors (Lipinski definition) is 1. The van der Waals surface area contributed by atoms with E-state index in [4.69, 9.17) is 9.84 Å². The third-order valence-corrected chi connectivity index (χ3v) is 2.19. The second kappa shape index (κ2) is 5.75. The fourth-order valence-electron chi connectivity index (χ4n) is 1.41. The predicted molar refractivity (Wildman–Crippen MR) is 58.6 cm³/mol. The number of halogens is 3. The number of carboxylic acids is 1. The van der Waals surface area contributed by atoms with Crippen LogP contribution in [0.15, 0.2) is 18.2 Å². The fourth-order valence-corrected chi connectivity index (χ4v) is 1.41. The molecular weight excluding hydrogens is 249 g/mol. The zero-order valence-corrected chi connectivity index (χ0v) is 9.75. The summed E-state index contributed by atoms with van der Waals surface area (Å²) in [5, 5.41) is 8.67. The van der Waals surface area contributed by atoms with Crippen LogP contribution in [0.5, 0.6) is 5.75 Å². The first kappa shape index (κ1) is 14.3. The SMILES string of the molecule is CCCOc1ccc(C(F)(F)F)cc1CC(=O)O. The summed E-state index contributed by atoms with van der Waals surface area (Å²) in [6.45, 7) is 2.18. The molecule has 0 radical (unpaired) electrons. The zero-order chi connectivity index (χ0) is 13.8. The number of hydrogen-bond acceptors (Lipinski definition) is 2. The number of carboxylic acid groups (broad SMARTS) is 1. The Labute approximate surface area is 102 Å². The minimum atomic E-state index is -4.49. The third kappa shape index (κ3) is 3.94. The maximum absolute atomic E-state index is 12.5. The molecule has 0 aliphatic heterocycles. The summed E-state index contributed by atoms with van der Waals surface area (Å²) < 4.78 is 42.7. The number of rotatable bonds is 5. The van der Waals surface area contributed by atoms with E-state index < -0.39 is 24.1 Å². The Balaban J connectivity index is 3.07. The fraction of sp³-hybridized carbons (Fsp3) is 0.417. The van der Waals surface area contributed by atoms with E-state index in [1.165, 1.54) is 0 Å². The van der Waals surface area contributed by atoms with Gasteiger partial charge in [0.25, 0.3) is 0 Å². The van der Waals surface area contributed by atoms with Gasteiger partial charge >= 0.3 is 12.1 Å². The first-order valence-corrected chi connectivity index (χ1v) is 5.39. The van der Waals surface area contributed by atoms with Crippen molar-refractivity contribution in [3.8, 4) is 5.75 Å². The van der Waals surface area contributed by atoms with Crippen LogP contribution in [0.4, 0.5) is 13.2 Å². The third-order valence-electron chi connectivity index (χ3n) is 2.19. The molecule has 0 spiro atoms. The molecular formula is C12H13F3O3. The van der Waals surface area contributed by atoms with Crippen molar-refractivity contribution >= 4 is 5.97 Å². The van der Waals surface area contributed by atoms with Crippen LogP contribution < -0.4 is 4.74 Å². The monoisotopic (exact) mass is 262 g/mol. The normalized spacial score (nSPS) is 11.3. The largest absolute Gasteiger partial charge is 0.493 e. The highest BCUT2D eigenvalue weighted by atomic mass is 19.4. The zero-order valence-electron chi connectivity index (χ0n) is 9.75. The van der Waals surface area contributed by atoms with E-state index in [-0.39, 0.29) is 11.3 Å². The Morgan fingerprint density at radius 2 is 2.06 bits per heavy atom. The van der Waals surface area contributed by atoms with E-state index >= 15 is 0 Å². The molecule has 6 heteroatoms. The van der Waals surface area contributed by atoms with E-state index in [0.29, 0.717) is 13.0 Å². The van der Waals surface area contributed by atoms with Gasteiger partial charge in [0.2, 0.25) is 0 Å². The van der Waals surface area contributed by atoms with Crippen molar-refractivity contribution < 1.29 is 27.8 Å². The highest BCUT2D eigenvalue weighted by molar-refractivity contribution is 5.71. The van der Waals surface area contributed by atoms with Crippen molar-refractivity contribution in [3.63, 3.8) is 0 Å². The molecule has 3 nitrogen and oxygen atoms in total. The van der Waals surface area contributed by atoms with Crippen molar-refractivity contribution in [1.29, 1.82) is 0 Å². The minimum absolute atomic E-state index is 0.0331. The Bertz CT molecular complexity index is 427. The van der Waals surface area contributed by atoms with Gasteiger partial charge < -0.3 is 9.84 Å². The lowest BCUT2D eigenvalue weighted by atomic mass is 10.1. The topological polar surface area (TPSA) is 46.5 Å². The molecule has 1 N–H and O–H groups in total. The number of benzene rings is 1. The highest BCUT2D eigenvalue weighted by Crippen LogP contribution is 2.32. The van der Waals surface area contributed by atoms with Crippen LogP contribution in [-0.2, 0) is 17.4 Å². The second-order valence-electron chi connectivity index (χ2n) is 3.74. The molecule has 18 heavy (non-hydrogen) atoms. The summed E-state index contributed by atoms with van der Waals surface area (Å²) >= 11 is 0. The van der Waals surface area contributed by atoms with Crippen LogP contribution >= 0.6 is 0 Å². The molecule has 0 amide bonds. The van der Waals surface area contributed by atoms with E-state index in [0.717, 1.165) is 18.2 Å². The molecule has 0 fully saturated rings. The molecule has 1 rings (SSSR count). The number of aliphatic carboxylic acids is 1. The van der Waals surface area contributed by atoms with Gasteiger partial charge in [-0.1, -0.05) is 6.92 Å². The van der Waals surface area contributed by atoms with Crippen LogP contribution in [-0.4, -0.2) is 17.7 Å². The molecule has 0 aromatic heterocycles. The molecule has 0 saturated heterocycles. The van der Waals surface area contributed by atoms with Crippen LogP contribution in [0.3, 0.4) is 0 Å². The molecule has 0 atom stereocenters. The Morgan fingerprint density at radius 3 is 2.56 bits per heavy atom. The molecule has 0 saturated carbocycles. The quantitative estimate of drug-likeness (QED) is 0.886. The standard InChI is InChI=1S/C12H13F3O3/c1-2-5-18-10-4-3-9(12(13,14)15)6-8(10)7-11(16)17/h3-4,6H,2,5,7H2,1H3,(H,16,17). The maximum Gasteiger partial charge on any atom is 0.416 e. The van der Waals surface area contributed by atoms with E-state index in [9.17, 15) is 18.0 Å². The van der Waals surface area contributed by atoms with Crippen molar-refractivity contribution in [1.82, 2.24) is 0 Å². The molecule has 1 aromatic rings. The molecule has 0 heterocycles. The van der Waals surface area contributed by atoms with Crippen LogP contribution in [0.1, 0.15) is 24.5 Å². The second-order valence-corrected chi connectivity index (χ2v) is 3.74. The lowest BCUT2D eigenvalue weighted by molar-refractivity contribution is -0.138. The van der Waals surface area contributed by atoms with Crippen LogP contribution in [0, 0.1) is 0 Å². The summed E-state index contributed by atoms with van der Waals surface area (Å²) in [4.78, 5) is 10.6. The van der Waals surface area contributed by atoms with E-state index in [2.05, 4.69) is 0 Å². The first-order chi connectivity index (χ1) is 8.34. The lowest BCUT2D eigenvalue weighted by Gasteiger charge is -2.13. The molecule has 0 unspecified atom stereocenters. The van der Waals surface area contributed by atoms with Gasteiger partial charge in [-0.05, 0) is 24.6 Å². The molecule has 0 aliphatic rings. The highest BCUT2D eigenvalue weighted by Gasteiger charge is 2.31. The van der Waals surface area contributed by atoms with Gasteiger partial charge in [0.1, 0.15) is 5.75 Å². The van der Waals surface area contributed by atoms with Crippen LogP contribution in [0.2, 0.25) is 0 Å². The van der Waals surface area contributed by atoms with Gasteiger partial charge in [-0.2, -0.15) is 13.2 Å². The van der Waals surface area contributed by atoms with Crippen molar-refractivity contribution in [2.75, 3.05) is 6.61 Å². The summed E-state index contributed by atoms with van der Waals surface area (Å²) in [6, 6.07) is 2.87. The number of carbonyl (C=O) groups is 1. The summed E-state index contributed by atoms with van der Waals surface area (Å²) in [5.41, 5.74) is -0.839. The van der Waals surface area contributed by atoms with Gasteiger partial charge in [0.05, 0.1) is 18.6 Å². The molecule has 1 aromatic carbocycles. The first-order valence-electron chi connectivity index (χ1n) is 5.39. The average molecular weight is 262 g/mol. The lowest BCUT2D eigenvalue weighted by Crippen LogP contribution is -2.09. The van der Waals surface area contributed by atoms with Gasteiger partial charge in [0.15, 0.2) is 0 Å². The Kier molecular flexibility index (Phi) is 4.58. The van der Waals surface area contributed by atoms with Crippen molar-refractivity contribution in [2.24, 2.45) is 0 Å². The predicted octanol–water partition coefficient (Wildman–Crippen LogP) is 3.12. The smallest absolute Gasteiger partial charge is 0.416 e. The van der Waals surface area contributed by atoms with E-state index in [1.54, 1.807) is 0 Å². The maximum atomic E-state index is 12.5. The Hall–Kier alpha value is -1.72. The summed E-state index contributed by atoms with van der Waals surface area (Å²) in [6.07, 6.45) is -4.30. The van der Waals surface area contributed by atoms with Gasteiger partial charge in [-0.3, -0.25) is 4.79 Å². The molecule has 100 valence electrons. The van der Waals surface area contributed by atoms with E-state index in [1.807, 2.05) is 6.92 Å². The molecule has 0 aliphatic carbocycles.